The second kappa shape index (κ2) is 9.45. The van der Waals surface area contributed by atoms with Crippen LogP contribution in [0.3, 0.4) is 0 Å². The van der Waals surface area contributed by atoms with Gasteiger partial charge in [-0.2, -0.15) is 10.4 Å². The van der Waals surface area contributed by atoms with Crippen molar-refractivity contribution in [3.8, 4) is 34.5 Å². The van der Waals surface area contributed by atoms with E-state index in [1.165, 1.54) is 25.1 Å². The van der Waals surface area contributed by atoms with Crippen molar-refractivity contribution in [2.45, 2.75) is 19.3 Å². The lowest BCUT2D eigenvalue weighted by atomic mass is 10.1. The number of aromatic nitrogens is 4. The summed E-state index contributed by atoms with van der Waals surface area (Å²) in [7, 11) is 0. The molecule has 3 aromatic rings. The van der Waals surface area contributed by atoms with Gasteiger partial charge < -0.3 is 21.1 Å². The normalized spacial score (nSPS) is 13.7. The second-order valence-corrected chi connectivity index (χ2v) is 7.59. The first-order valence-corrected chi connectivity index (χ1v) is 10.4. The van der Waals surface area contributed by atoms with Gasteiger partial charge in [-0.1, -0.05) is 0 Å². The lowest BCUT2D eigenvalue weighted by Gasteiger charge is -2.15. The highest BCUT2D eigenvalue weighted by atomic mass is 16.5. The van der Waals surface area contributed by atoms with Crippen LogP contribution in [-0.4, -0.2) is 57.2 Å². The number of hydrogen-bond donors (Lipinski definition) is 3. The monoisotopic (exact) mass is 432 g/mol. The third-order valence-electron chi connectivity index (χ3n) is 5.36. The van der Waals surface area contributed by atoms with Gasteiger partial charge in [-0.3, -0.25) is 9.89 Å². The number of nitrogens with one attached hydrogen (secondary N) is 1. The molecule has 1 fully saturated rings. The van der Waals surface area contributed by atoms with Crippen LogP contribution in [-0.2, 0) is 0 Å². The number of H-pyrrole nitrogens is 1. The molecule has 4 rings (SSSR count). The van der Waals surface area contributed by atoms with E-state index in [9.17, 15) is 10.1 Å². The number of rotatable bonds is 8. The zero-order chi connectivity index (χ0) is 22.5. The predicted octanol–water partition coefficient (Wildman–Crippen LogP) is 1.95. The van der Waals surface area contributed by atoms with E-state index in [1.54, 1.807) is 12.1 Å². The number of carbonyl (C=O) groups is 1. The van der Waals surface area contributed by atoms with E-state index in [-0.39, 0.29) is 11.5 Å². The number of anilines is 1. The first-order chi connectivity index (χ1) is 15.5. The first kappa shape index (κ1) is 21.3. The first-order valence-electron chi connectivity index (χ1n) is 10.4. The molecule has 5 N–H and O–H groups in total. The summed E-state index contributed by atoms with van der Waals surface area (Å²) in [6.07, 6.45) is 4.97. The van der Waals surface area contributed by atoms with Crippen LogP contribution in [0.25, 0.3) is 22.6 Å². The van der Waals surface area contributed by atoms with E-state index in [1.807, 2.05) is 6.07 Å². The number of nitrogens with two attached hydrogens (primary N) is 2. The maximum Gasteiger partial charge on any atom is 0.266 e. The van der Waals surface area contributed by atoms with Gasteiger partial charge in [-0.05, 0) is 56.6 Å². The lowest BCUT2D eigenvalue weighted by molar-refractivity contribution is 0.0995. The summed E-state index contributed by atoms with van der Waals surface area (Å²) in [5.41, 5.74) is 13.6. The van der Waals surface area contributed by atoms with Crippen LogP contribution in [0, 0.1) is 11.3 Å². The molecule has 1 saturated heterocycles. The van der Waals surface area contributed by atoms with Crippen molar-refractivity contribution >= 4 is 11.7 Å². The van der Waals surface area contributed by atoms with Gasteiger partial charge in [-0.15, -0.1) is 0 Å². The van der Waals surface area contributed by atoms with E-state index >= 15 is 0 Å². The van der Waals surface area contributed by atoms with Gasteiger partial charge in [0.15, 0.2) is 5.82 Å². The minimum absolute atomic E-state index is 0.143. The van der Waals surface area contributed by atoms with Crippen LogP contribution < -0.4 is 16.2 Å². The van der Waals surface area contributed by atoms with Gasteiger partial charge in [0.25, 0.3) is 5.91 Å². The number of carbonyl (C=O) groups excluding carboxylic acids is 1. The van der Waals surface area contributed by atoms with Crippen molar-refractivity contribution in [1.29, 1.82) is 5.26 Å². The molecule has 0 bridgehead atoms. The molecular formula is C22H24N8O2. The Morgan fingerprint density at radius 3 is 2.78 bits per heavy atom. The summed E-state index contributed by atoms with van der Waals surface area (Å²) in [5.74, 6) is 0.0653. The zero-order valence-electron chi connectivity index (χ0n) is 17.5. The number of hydrogen-bond acceptors (Lipinski definition) is 8. The van der Waals surface area contributed by atoms with Gasteiger partial charge in [0.2, 0.25) is 0 Å². The summed E-state index contributed by atoms with van der Waals surface area (Å²) < 4.78 is 5.85. The van der Waals surface area contributed by atoms with Crippen LogP contribution in [0.1, 0.15) is 35.3 Å². The number of benzene rings is 1. The zero-order valence-corrected chi connectivity index (χ0v) is 17.5. The number of nitrogen functional groups attached to an aromatic ring is 1. The molecule has 10 nitrogen and oxygen atoms in total. The molecule has 0 saturated carbocycles. The molecule has 0 radical (unpaired) electrons. The SMILES string of the molecule is N#Cc1cc(-c2cnc(N)c(-c3cc(C(N)=O)[nH]n3)n2)ccc1OCCCN1CCCC1. The Hall–Kier alpha value is -3.97. The number of amides is 1. The number of nitriles is 1. The molecule has 1 aliphatic heterocycles. The Morgan fingerprint density at radius 2 is 2.06 bits per heavy atom. The van der Waals surface area contributed by atoms with E-state index in [0.717, 1.165) is 26.1 Å². The summed E-state index contributed by atoms with van der Waals surface area (Å²) >= 11 is 0. The van der Waals surface area contributed by atoms with Crippen molar-refractivity contribution < 1.29 is 9.53 Å². The smallest absolute Gasteiger partial charge is 0.266 e. The summed E-state index contributed by atoms with van der Waals surface area (Å²) in [4.78, 5) is 22.5. The standard InChI is InChI=1S/C22H24N8O2/c23-12-15-10-14(4-5-19(15)32-9-3-8-30-6-1-2-7-30)18-13-26-21(24)20(27-18)16-11-17(22(25)31)29-28-16/h4-5,10-11,13H,1-3,6-9H2,(H2,24,26)(H2,25,31)(H,28,29). The molecule has 2 aromatic heterocycles. The van der Waals surface area contributed by atoms with Crippen LogP contribution in [0.2, 0.25) is 0 Å². The Morgan fingerprint density at radius 1 is 1.25 bits per heavy atom. The van der Waals surface area contributed by atoms with Gasteiger partial charge >= 0.3 is 0 Å². The highest BCUT2D eigenvalue weighted by Crippen LogP contribution is 2.28. The molecule has 32 heavy (non-hydrogen) atoms. The summed E-state index contributed by atoms with van der Waals surface area (Å²) in [5, 5.41) is 16.2. The van der Waals surface area contributed by atoms with Crippen LogP contribution in [0.5, 0.6) is 5.75 Å². The van der Waals surface area contributed by atoms with Crippen molar-refractivity contribution in [2.24, 2.45) is 5.73 Å². The number of ether oxygens (including phenoxy) is 1. The second-order valence-electron chi connectivity index (χ2n) is 7.59. The molecule has 1 amide bonds. The van der Waals surface area contributed by atoms with Crippen molar-refractivity contribution in [3.05, 3.63) is 41.7 Å². The van der Waals surface area contributed by atoms with Crippen LogP contribution in [0.4, 0.5) is 5.82 Å². The quantitative estimate of drug-likeness (QED) is 0.455. The fourth-order valence-electron chi connectivity index (χ4n) is 3.67. The predicted molar refractivity (Wildman–Crippen MR) is 118 cm³/mol. The molecule has 164 valence electrons. The van der Waals surface area contributed by atoms with Crippen molar-refractivity contribution in [2.75, 3.05) is 32.0 Å². The maximum absolute atomic E-state index is 11.3. The molecule has 3 heterocycles. The van der Waals surface area contributed by atoms with Crippen LogP contribution in [0.15, 0.2) is 30.5 Å². The minimum Gasteiger partial charge on any atom is -0.492 e. The highest BCUT2D eigenvalue weighted by Gasteiger charge is 2.16. The molecule has 0 atom stereocenters. The van der Waals surface area contributed by atoms with E-state index < -0.39 is 5.91 Å². The van der Waals surface area contributed by atoms with Gasteiger partial charge in [-0.25, -0.2) is 9.97 Å². The maximum atomic E-state index is 11.3. The Balaban J connectivity index is 1.50. The lowest BCUT2D eigenvalue weighted by Crippen LogP contribution is -2.21. The fourth-order valence-corrected chi connectivity index (χ4v) is 3.67. The minimum atomic E-state index is -0.638. The van der Waals surface area contributed by atoms with E-state index in [4.69, 9.17) is 16.2 Å². The topological polar surface area (TPSA) is 160 Å². The van der Waals surface area contributed by atoms with Crippen molar-refractivity contribution in [1.82, 2.24) is 25.1 Å². The Bertz CT molecular complexity index is 1160. The van der Waals surface area contributed by atoms with E-state index in [0.29, 0.717) is 40.6 Å². The highest BCUT2D eigenvalue weighted by molar-refractivity contribution is 5.92. The molecule has 10 heteroatoms. The molecule has 1 aliphatic rings. The largest absolute Gasteiger partial charge is 0.492 e. The third kappa shape index (κ3) is 4.68. The van der Waals surface area contributed by atoms with Gasteiger partial charge in [0.1, 0.15) is 28.9 Å². The van der Waals surface area contributed by atoms with Gasteiger partial charge in [0.05, 0.1) is 24.1 Å². The summed E-state index contributed by atoms with van der Waals surface area (Å²) in [6, 6.07) is 8.94. The molecular weight excluding hydrogens is 408 g/mol. The number of likely N-dealkylation sites (tertiary alicyclic amines) is 1. The summed E-state index contributed by atoms with van der Waals surface area (Å²) in [6.45, 7) is 3.88. The van der Waals surface area contributed by atoms with Crippen molar-refractivity contribution in [3.63, 3.8) is 0 Å². The van der Waals surface area contributed by atoms with E-state index in [2.05, 4.69) is 31.1 Å². The Kier molecular flexibility index (Phi) is 6.28. The third-order valence-corrected chi connectivity index (χ3v) is 5.36. The number of nitrogens with zero attached hydrogens (tertiary/aromatic N) is 5. The average Bonchev–Trinajstić information content (AvgIpc) is 3.49. The molecule has 0 aliphatic carbocycles. The molecule has 1 aromatic carbocycles. The number of aromatic amines is 1. The molecule has 0 unspecified atom stereocenters. The Labute approximate surface area is 185 Å². The number of primary amides is 1. The molecule has 0 spiro atoms. The average molecular weight is 432 g/mol. The van der Waals surface area contributed by atoms with Gasteiger partial charge in [0, 0.05) is 12.1 Å². The van der Waals surface area contributed by atoms with Crippen LogP contribution >= 0.6 is 0 Å². The fraction of sp³-hybridized carbons (Fsp3) is 0.318.